The van der Waals surface area contributed by atoms with Crippen molar-refractivity contribution in [2.24, 2.45) is 0 Å². The van der Waals surface area contributed by atoms with E-state index in [1.807, 2.05) is 30.3 Å². The summed E-state index contributed by atoms with van der Waals surface area (Å²) in [6, 6.07) is 11.5. The highest BCUT2D eigenvalue weighted by Crippen LogP contribution is 2.38. The van der Waals surface area contributed by atoms with E-state index in [0.717, 1.165) is 33.3 Å². The van der Waals surface area contributed by atoms with Crippen LogP contribution < -0.4 is 9.47 Å². The first kappa shape index (κ1) is 14.6. The molecule has 3 rings (SSSR count). The van der Waals surface area contributed by atoms with Crippen molar-refractivity contribution in [2.45, 2.75) is 22.8 Å². The van der Waals surface area contributed by atoms with E-state index in [1.54, 1.807) is 17.8 Å². The van der Waals surface area contributed by atoms with Crippen molar-refractivity contribution in [1.29, 1.82) is 0 Å². The molecule has 1 aliphatic heterocycles. The number of hydrogen-bond donors (Lipinski definition) is 1. The van der Waals surface area contributed by atoms with E-state index in [9.17, 15) is 5.11 Å². The lowest BCUT2D eigenvalue weighted by Gasteiger charge is -2.11. The number of aliphatic hydroxyl groups excluding tert-OH is 1. The molecule has 0 aromatic heterocycles. The zero-order chi connectivity index (χ0) is 14.7. The molecule has 0 bridgehead atoms. The van der Waals surface area contributed by atoms with Crippen LogP contribution in [-0.4, -0.2) is 18.3 Å². The monoisotopic (exact) mass is 322 g/mol. The number of halogens is 1. The molecular weight excluding hydrogens is 308 g/mol. The molecule has 2 aromatic carbocycles. The molecule has 3 nitrogen and oxygen atoms in total. The normalized spacial score (nSPS) is 13.8. The van der Waals surface area contributed by atoms with Crippen LogP contribution in [0.15, 0.2) is 46.2 Å². The van der Waals surface area contributed by atoms with Gasteiger partial charge in [0.1, 0.15) is 0 Å². The molecule has 0 amide bonds. The molecule has 2 aromatic rings. The lowest BCUT2D eigenvalue weighted by molar-refractivity contribution is 0.279. The third kappa shape index (κ3) is 3.28. The van der Waals surface area contributed by atoms with Crippen LogP contribution in [-0.2, 0) is 6.61 Å². The molecule has 0 atom stereocenters. The van der Waals surface area contributed by atoms with Crippen molar-refractivity contribution in [3.05, 3.63) is 47.0 Å². The highest BCUT2D eigenvalue weighted by Gasteiger charge is 2.13. The van der Waals surface area contributed by atoms with Gasteiger partial charge in [-0.2, -0.15) is 0 Å². The van der Waals surface area contributed by atoms with E-state index in [1.165, 1.54) is 0 Å². The van der Waals surface area contributed by atoms with Crippen LogP contribution in [0, 0.1) is 0 Å². The number of ether oxygens (including phenoxy) is 2. The molecule has 1 N–H and O–H groups in total. The van der Waals surface area contributed by atoms with Crippen molar-refractivity contribution in [1.82, 2.24) is 0 Å². The zero-order valence-electron chi connectivity index (χ0n) is 11.3. The Kier molecular flexibility index (Phi) is 4.58. The average Bonchev–Trinajstić information content (AvgIpc) is 2.72. The smallest absolute Gasteiger partial charge is 0.162 e. The van der Waals surface area contributed by atoms with Crippen LogP contribution in [0.3, 0.4) is 0 Å². The minimum Gasteiger partial charge on any atom is -0.490 e. The molecule has 1 aliphatic rings. The molecular formula is C16H15ClO3S. The van der Waals surface area contributed by atoms with E-state index >= 15 is 0 Å². The first-order chi connectivity index (χ1) is 10.3. The van der Waals surface area contributed by atoms with E-state index in [0.29, 0.717) is 18.2 Å². The minimum absolute atomic E-state index is 0.0768. The summed E-state index contributed by atoms with van der Waals surface area (Å²) >= 11 is 7.67. The molecule has 0 fully saturated rings. The molecule has 0 saturated carbocycles. The van der Waals surface area contributed by atoms with Crippen molar-refractivity contribution in [3.63, 3.8) is 0 Å². The van der Waals surface area contributed by atoms with Crippen LogP contribution in [0.4, 0.5) is 0 Å². The van der Waals surface area contributed by atoms with E-state index in [-0.39, 0.29) is 6.61 Å². The Morgan fingerprint density at radius 3 is 2.71 bits per heavy atom. The topological polar surface area (TPSA) is 38.7 Å². The summed E-state index contributed by atoms with van der Waals surface area (Å²) in [6.07, 6.45) is 0.889. The van der Waals surface area contributed by atoms with Gasteiger partial charge in [-0.05, 0) is 30.3 Å². The van der Waals surface area contributed by atoms with Gasteiger partial charge >= 0.3 is 0 Å². The Hall–Kier alpha value is -1.36. The third-order valence-electron chi connectivity index (χ3n) is 3.18. The predicted octanol–water partition coefficient (Wildman–Crippen LogP) is 4.14. The third-order valence-corrected chi connectivity index (χ3v) is 4.63. The Bertz CT molecular complexity index is 645. The van der Waals surface area contributed by atoms with Gasteiger partial charge in [-0.25, -0.2) is 0 Å². The van der Waals surface area contributed by atoms with Crippen LogP contribution >= 0.6 is 23.4 Å². The molecule has 5 heteroatoms. The van der Waals surface area contributed by atoms with Crippen LogP contribution in [0.2, 0.25) is 5.02 Å². The molecule has 110 valence electrons. The standard InChI is InChI=1S/C16H15ClO3S/c17-13-3-1-4-16(12(13)10-18)21-11-5-6-14-15(9-11)20-8-2-7-19-14/h1,3-6,9,18H,2,7-8,10H2. The zero-order valence-corrected chi connectivity index (χ0v) is 12.9. The summed E-state index contributed by atoms with van der Waals surface area (Å²) in [6.45, 7) is 1.27. The summed E-state index contributed by atoms with van der Waals surface area (Å²) < 4.78 is 11.3. The summed E-state index contributed by atoms with van der Waals surface area (Å²) in [5.74, 6) is 1.55. The van der Waals surface area contributed by atoms with Gasteiger partial charge in [0.15, 0.2) is 11.5 Å². The first-order valence-corrected chi connectivity index (χ1v) is 7.93. The number of benzene rings is 2. The van der Waals surface area contributed by atoms with Crippen molar-refractivity contribution >= 4 is 23.4 Å². The highest BCUT2D eigenvalue weighted by molar-refractivity contribution is 7.99. The Balaban J connectivity index is 1.89. The second-order valence-corrected chi connectivity index (χ2v) is 6.16. The lowest BCUT2D eigenvalue weighted by Crippen LogP contribution is -1.97. The van der Waals surface area contributed by atoms with Gasteiger partial charge in [0, 0.05) is 26.8 Å². The van der Waals surface area contributed by atoms with E-state index < -0.39 is 0 Å². The molecule has 0 unspecified atom stereocenters. The first-order valence-electron chi connectivity index (χ1n) is 6.73. The minimum atomic E-state index is -0.0768. The molecule has 0 radical (unpaired) electrons. The fourth-order valence-corrected chi connectivity index (χ4v) is 3.41. The Morgan fingerprint density at radius 2 is 1.90 bits per heavy atom. The SMILES string of the molecule is OCc1c(Cl)cccc1Sc1ccc2c(c1)OCCCO2. The van der Waals surface area contributed by atoms with E-state index in [2.05, 4.69) is 0 Å². The van der Waals surface area contributed by atoms with E-state index in [4.69, 9.17) is 21.1 Å². The van der Waals surface area contributed by atoms with Crippen molar-refractivity contribution < 1.29 is 14.6 Å². The van der Waals surface area contributed by atoms with Crippen LogP contribution in [0.5, 0.6) is 11.5 Å². The molecule has 1 heterocycles. The fourth-order valence-electron chi connectivity index (χ4n) is 2.12. The Morgan fingerprint density at radius 1 is 1.10 bits per heavy atom. The van der Waals surface area contributed by atoms with Crippen LogP contribution in [0.25, 0.3) is 0 Å². The molecule has 0 aliphatic carbocycles. The van der Waals surface area contributed by atoms with Gasteiger partial charge in [0.05, 0.1) is 19.8 Å². The summed E-state index contributed by atoms with van der Waals surface area (Å²) in [5.41, 5.74) is 0.747. The van der Waals surface area contributed by atoms with Crippen molar-refractivity contribution in [3.8, 4) is 11.5 Å². The quantitative estimate of drug-likeness (QED) is 0.921. The number of hydrogen-bond acceptors (Lipinski definition) is 4. The maximum atomic E-state index is 9.46. The summed E-state index contributed by atoms with van der Waals surface area (Å²) in [4.78, 5) is 1.97. The summed E-state index contributed by atoms with van der Waals surface area (Å²) in [7, 11) is 0. The van der Waals surface area contributed by atoms with Gasteiger partial charge < -0.3 is 14.6 Å². The second-order valence-electron chi connectivity index (χ2n) is 4.64. The number of rotatable bonds is 3. The van der Waals surface area contributed by atoms with Gasteiger partial charge in [-0.1, -0.05) is 29.4 Å². The molecule has 0 spiro atoms. The fraction of sp³-hybridized carbons (Fsp3) is 0.250. The average molecular weight is 323 g/mol. The maximum Gasteiger partial charge on any atom is 0.162 e. The van der Waals surface area contributed by atoms with Gasteiger partial charge in [-0.3, -0.25) is 0 Å². The summed E-state index contributed by atoms with van der Waals surface area (Å²) in [5, 5.41) is 10.0. The van der Waals surface area contributed by atoms with Gasteiger partial charge in [0.2, 0.25) is 0 Å². The second kappa shape index (κ2) is 6.60. The van der Waals surface area contributed by atoms with Crippen molar-refractivity contribution in [2.75, 3.05) is 13.2 Å². The molecule has 21 heavy (non-hydrogen) atoms. The van der Waals surface area contributed by atoms with Crippen LogP contribution in [0.1, 0.15) is 12.0 Å². The highest BCUT2D eigenvalue weighted by atomic mass is 35.5. The number of fused-ring (bicyclic) bond motifs is 1. The lowest BCUT2D eigenvalue weighted by atomic mass is 10.2. The predicted molar refractivity (Wildman–Crippen MR) is 83.5 cm³/mol. The largest absolute Gasteiger partial charge is 0.490 e. The van der Waals surface area contributed by atoms with Gasteiger partial charge in [0.25, 0.3) is 0 Å². The maximum absolute atomic E-state index is 9.46. The number of aliphatic hydroxyl groups is 1. The van der Waals surface area contributed by atoms with Gasteiger partial charge in [-0.15, -0.1) is 0 Å². The molecule has 0 saturated heterocycles. The Labute approximate surface area is 132 Å².